The second kappa shape index (κ2) is 9.93. The van der Waals surface area contributed by atoms with E-state index in [1.165, 1.54) is 19.3 Å². The van der Waals surface area contributed by atoms with Gasteiger partial charge in [-0.1, -0.05) is 44.8 Å². The van der Waals surface area contributed by atoms with Crippen LogP contribution in [0.25, 0.3) is 0 Å². The predicted octanol–water partition coefficient (Wildman–Crippen LogP) is 4.56. The number of carbonyl (C=O) groups excluding carboxylic acids is 1. The number of unbranched alkanes of at least 4 members (excludes halogenated alkanes) is 1. The third kappa shape index (κ3) is 6.63. The molecule has 0 aromatic heterocycles. The van der Waals surface area contributed by atoms with E-state index in [2.05, 4.69) is 13.0 Å². The van der Waals surface area contributed by atoms with Crippen molar-refractivity contribution >= 4 is 5.78 Å². The van der Waals surface area contributed by atoms with Gasteiger partial charge in [-0.25, -0.2) is 0 Å². The van der Waals surface area contributed by atoms with Gasteiger partial charge in [-0.3, -0.25) is 4.79 Å². The fourth-order valence-corrected chi connectivity index (χ4v) is 2.00. The Morgan fingerprint density at radius 3 is 2.78 bits per heavy atom. The van der Waals surface area contributed by atoms with Crippen LogP contribution in [0.5, 0.6) is 0 Å². The molecule has 0 unspecified atom stereocenters. The molecular formula is C16H26O2. The van der Waals surface area contributed by atoms with Gasteiger partial charge in [0.15, 0.2) is 11.5 Å². The maximum atomic E-state index is 12.0. The summed E-state index contributed by atoms with van der Waals surface area (Å²) in [6.07, 6.45) is 15.7. The van der Waals surface area contributed by atoms with Crippen LogP contribution in [0.15, 0.2) is 24.0 Å². The minimum Gasteiger partial charge on any atom is -0.490 e. The minimum atomic E-state index is 0.163. The van der Waals surface area contributed by atoms with Crippen molar-refractivity contribution < 1.29 is 9.53 Å². The van der Waals surface area contributed by atoms with E-state index in [4.69, 9.17) is 4.74 Å². The van der Waals surface area contributed by atoms with E-state index < -0.39 is 0 Å². The zero-order valence-corrected chi connectivity index (χ0v) is 11.6. The molecule has 0 N–H and O–H groups in total. The molecule has 0 amide bonds. The highest BCUT2D eigenvalue weighted by molar-refractivity contribution is 5.93. The Labute approximate surface area is 111 Å². The largest absolute Gasteiger partial charge is 0.490 e. The Bertz CT molecular complexity index is 289. The van der Waals surface area contributed by atoms with Crippen molar-refractivity contribution in [1.29, 1.82) is 0 Å². The first-order valence-corrected chi connectivity index (χ1v) is 7.37. The molecule has 0 heterocycles. The molecule has 0 fully saturated rings. The van der Waals surface area contributed by atoms with Crippen molar-refractivity contribution in [2.75, 3.05) is 6.61 Å². The standard InChI is InChI=1S/C16H26O2/c1-2-3-14-18-16-13-11-9-7-5-4-6-8-10-12-15(16)17/h9,11,13H,2-8,10,12,14H2,1H3. The summed E-state index contributed by atoms with van der Waals surface area (Å²) in [6.45, 7) is 2.78. The number of allylic oxidation sites excluding steroid dienone is 4. The molecule has 0 bridgehead atoms. The third-order valence-corrected chi connectivity index (χ3v) is 3.19. The van der Waals surface area contributed by atoms with Crippen LogP contribution >= 0.6 is 0 Å². The molecule has 2 nitrogen and oxygen atoms in total. The molecule has 0 aromatic carbocycles. The van der Waals surface area contributed by atoms with Crippen LogP contribution in [0.4, 0.5) is 0 Å². The highest BCUT2D eigenvalue weighted by Crippen LogP contribution is 2.13. The normalized spacial score (nSPS) is 18.7. The Hall–Kier alpha value is -1.05. The maximum Gasteiger partial charge on any atom is 0.197 e. The molecule has 0 saturated carbocycles. The Morgan fingerprint density at radius 1 is 1.17 bits per heavy atom. The lowest BCUT2D eigenvalue weighted by molar-refractivity contribution is -0.119. The van der Waals surface area contributed by atoms with E-state index in [1.54, 1.807) is 0 Å². The summed E-state index contributed by atoms with van der Waals surface area (Å²) in [7, 11) is 0. The Morgan fingerprint density at radius 2 is 1.94 bits per heavy atom. The van der Waals surface area contributed by atoms with Gasteiger partial charge in [0.1, 0.15) is 0 Å². The fourth-order valence-electron chi connectivity index (χ4n) is 2.00. The second-order valence-electron chi connectivity index (χ2n) is 4.89. The summed E-state index contributed by atoms with van der Waals surface area (Å²) < 4.78 is 5.60. The van der Waals surface area contributed by atoms with E-state index in [1.807, 2.05) is 12.2 Å². The number of ketones is 1. The molecule has 0 aliphatic heterocycles. The molecule has 0 atom stereocenters. The van der Waals surface area contributed by atoms with Gasteiger partial charge >= 0.3 is 0 Å². The zero-order valence-electron chi connectivity index (χ0n) is 11.6. The van der Waals surface area contributed by atoms with E-state index in [-0.39, 0.29) is 5.78 Å². The molecule has 0 saturated heterocycles. The van der Waals surface area contributed by atoms with Crippen molar-refractivity contribution in [1.82, 2.24) is 0 Å². The molecule has 2 heteroatoms. The van der Waals surface area contributed by atoms with Crippen LogP contribution in [0, 0.1) is 0 Å². The molecule has 1 rings (SSSR count). The molecule has 18 heavy (non-hydrogen) atoms. The first kappa shape index (κ1) is 15.0. The molecule has 0 aromatic rings. The van der Waals surface area contributed by atoms with Gasteiger partial charge in [0.05, 0.1) is 6.61 Å². The lowest BCUT2D eigenvalue weighted by Gasteiger charge is -2.09. The summed E-state index contributed by atoms with van der Waals surface area (Å²) in [5.74, 6) is 0.719. The number of carbonyl (C=O) groups is 1. The lowest BCUT2D eigenvalue weighted by atomic mass is 10.1. The van der Waals surface area contributed by atoms with Gasteiger partial charge in [0, 0.05) is 6.42 Å². The van der Waals surface area contributed by atoms with Crippen LogP contribution in [0.3, 0.4) is 0 Å². The van der Waals surface area contributed by atoms with Gasteiger partial charge in [-0.2, -0.15) is 0 Å². The summed E-state index contributed by atoms with van der Waals surface area (Å²) in [6, 6.07) is 0. The molecule has 0 spiro atoms. The van der Waals surface area contributed by atoms with Crippen LogP contribution in [0.1, 0.15) is 64.7 Å². The molecule has 1 aliphatic rings. The topological polar surface area (TPSA) is 26.3 Å². The van der Waals surface area contributed by atoms with Crippen molar-refractivity contribution in [2.24, 2.45) is 0 Å². The molecule has 1 aliphatic carbocycles. The first-order chi connectivity index (χ1) is 8.84. The van der Waals surface area contributed by atoms with E-state index in [0.29, 0.717) is 18.8 Å². The molecule has 0 radical (unpaired) electrons. The molecule has 102 valence electrons. The van der Waals surface area contributed by atoms with Crippen LogP contribution < -0.4 is 0 Å². The minimum absolute atomic E-state index is 0.163. The van der Waals surface area contributed by atoms with Gasteiger partial charge in [0.25, 0.3) is 0 Å². The van der Waals surface area contributed by atoms with Gasteiger partial charge in [-0.05, 0) is 31.8 Å². The number of ether oxygens (including phenoxy) is 1. The van der Waals surface area contributed by atoms with Gasteiger partial charge < -0.3 is 4.74 Å². The van der Waals surface area contributed by atoms with Crippen LogP contribution in [-0.2, 0) is 9.53 Å². The van der Waals surface area contributed by atoms with Crippen molar-refractivity contribution in [2.45, 2.75) is 64.7 Å². The number of rotatable bonds is 4. The quantitative estimate of drug-likeness (QED) is 0.684. The van der Waals surface area contributed by atoms with Crippen LogP contribution in [0.2, 0.25) is 0 Å². The lowest BCUT2D eigenvalue weighted by Crippen LogP contribution is -2.07. The van der Waals surface area contributed by atoms with Crippen LogP contribution in [-0.4, -0.2) is 12.4 Å². The second-order valence-corrected chi connectivity index (χ2v) is 4.89. The smallest absolute Gasteiger partial charge is 0.197 e. The summed E-state index contributed by atoms with van der Waals surface area (Å²) >= 11 is 0. The van der Waals surface area contributed by atoms with E-state index in [0.717, 1.165) is 32.1 Å². The average molecular weight is 250 g/mol. The Balaban J connectivity index is 2.55. The zero-order chi connectivity index (χ0) is 13.1. The highest BCUT2D eigenvalue weighted by Gasteiger charge is 2.10. The number of hydrogen-bond acceptors (Lipinski definition) is 2. The van der Waals surface area contributed by atoms with E-state index >= 15 is 0 Å². The predicted molar refractivity (Wildman–Crippen MR) is 75.4 cm³/mol. The SMILES string of the molecule is CCCCOC1=CC=CCCCCCCCC1=O. The maximum absolute atomic E-state index is 12.0. The number of Topliss-reactive ketones (excluding diaryl/α,β-unsaturated/α-hetero) is 1. The van der Waals surface area contributed by atoms with Crippen molar-refractivity contribution in [3.05, 3.63) is 24.0 Å². The molecular weight excluding hydrogens is 224 g/mol. The van der Waals surface area contributed by atoms with Crippen molar-refractivity contribution in [3.63, 3.8) is 0 Å². The van der Waals surface area contributed by atoms with Gasteiger partial charge in [-0.15, -0.1) is 0 Å². The number of hydrogen-bond donors (Lipinski definition) is 0. The fraction of sp³-hybridized carbons (Fsp3) is 0.688. The van der Waals surface area contributed by atoms with Gasteiger partial charge in [0.2, 0.25) is 0 Å². The van der Waals surface area contributed by atoms with Crippen molar-refractivity contribution in [3.8, 4) is 0 Å². The summed E-state index contributed by atoms with van der Waals surface area (Å²) in [4.78, 5) is 12.0. The Kier molecular flexibility index (Phi) is 8.28. The average Bonchev–Trinajstić information content (AvgIpc) is 2.37. The first-order valence-electron chi connectivity index (χ1n) is 7.37. The summed E-state index contributed by atoms with van der Waals surface area (Å²) in [5.41, 5.74) is 0. The van der Waals surface area contributed by atoms with E-state index in [9.17, 15) is 4.79 Å². The monoisotopic (exact) mass is 250 g/mol. The third-order valence-electron chi connectivity index (χ3n) is 3.19. The summed E-state index contributed by atoms with van der Waals surface area (Å²) in [5, 5.41) is 0. The highest BCUT2D eigenvalue weighted by atomic mass is 16.5.